The molecule has 0 aliphatic carbocycles. The minimum absolute atomic E-state index is 0.880. The Labute approximate surface area is 139 Å². The van der Waals surface area contributed by atoms with E-state index in [0.717, 1.165) is 5.75 Å². The Kier molecular flexibility index (Phi) is 3.56. The molecule has 4 aromatic rings. The average molecular weight is 317 g/mol. The van der Waals surface area contributed by atoms with E-state index in [4.69, 9.17) is 4.74 Å². The summed E-state index contributed by atoms with van der Waals surface area (Å²) in [6.45, 7) is 0. The quantitative estimate of drug-likeness (QED) is 0.488. The number of aromatic nitrogens is 1. The van der Waals surface area contributed by atoms with Gasteiger partial charge in [-0.05, 0) is 52.4 Å². The second-order valence-corrected chi connectivity index (χ2v) is 6.24. The van der Waals surface area contributed by atoms with E-state index in [2.05, 4.69) is 52.8 Å². The van der Waals surface area contributed by atoms with Gasteiger partial charge in [-0.25, -0.2) is 0 Å². The Morgan fingerprint density at radius 1 is 0.826 bits per heavy atom. The van der Waals surface area contributed by atoms with Gasteiger partial charge in [0.2, 0.25) is 0 Å². The summed E-state index contributed by atoms with van der Waals surface area (Å²) >= 11 is 1.78. The Morgan fingerprint density at radius 3 is 2.30 bits per heavy atom. The van der Waals surface area contributed by atoms with E-state index in [1.165, 1.54) is 32.3 Å². The Morgan fingerprint density at radius 2 is 1.57 bits per heavy atom. The van der Waals surface area contributed by atoms with Crippen molar-refractivity contribution in [3.63, 3.8) is 0 Å². The summed E-state index contributed by atoms with van der Waals surface area (Å²) in [6.07, 6.45) is 3.68. The number of fused-ring (bicyclic) bond motifs is 1. The van der Waals surface area contributed by atoms with E-state index in [1.807, 2.05) is 24.5 Å². The second kappa shape index (κ2) is 5.86. The van der Waals surface area contributed by atoms with Crippen LogP contribution >= 0.6 is 11.3 Å². The van der Waals surface area contributed by atoms with Gasteiger partial charge in [0.05, 0.1) is 7.11 Å². The number of pyridine rings is 1. The fourth-order valence-corrected chi connectivity index (χ4v) is 3.75. The molecule has 0 aliphatic rings. The highest BCUT2D eigenvalue weighted by Crippen LogP contribution is 2.36. The first kappa shape index (κ1) is 14.0. The predicted octanol–water partition coefficient (Wildman–Crippen LogP) is 5.64. The molecule has 0 spiro atoms. The normalized spacial score (nSPS) is 10.8. The molecule has 4 rings (SSSR count). The molecule has 0 amide bonds. The van der Waals surface area contributed by atoms with E-state index in [9.17, 15) is 0 Å². The smallest absolute Gasteiger partial charge is 0.118 e. The molecule has 0 atom stereocenters. The van der Waals surface area contributed by atoms with Crippen molar-refractivity contribution in [3.05, 3.63) is 72.4 Å². The maximum absolute atomic E-state index is 5.22. The first-order valence-electron chi connectivity index (χ1n) is 7.41. The highest BCUT2D eigenvalue weighted by molar-refractivity contribution is 7.17. The van der Waals surface area contributed by atoms with Gasteiger partial charge < -0.3 is 4.74 Å². The molecule has 2 aromatic heterocycles. The number of rotatable bonds is 3. The van der Waals surface area contributed by atoms with E-state index in [1.54, 1.807) is 18.4 Å². The van der Waals surface area contributed by atoms with Crippen molar-refractivity contribution in [2.75, 3.05) is 7.11 Å². The molecule has 2 heterocycles. The van der Waals surface area contributed by atoms with Crippen LogP contribution in [0.1, 0.15) is 0 Å². The molecule has 2 aromatic carbocycles. The van der Waals surface area contributed by atoms with Gasteiger partial charge in [-0.1, -0.05) is 24.3 Å². The van der Waals surface area contributed by atoms with Gasteiger partial charge >= 0.3 is 0 Å². The van der Waals surface area contributed by atoms with Gasteiger partial charge in [0, 0.05) is 28.0 Å². The van der Waals surface area contributed by atoms with Crippen molar-refractivity contribution >= 4 is 21.4 Å². The van der Waals surface area contributed by atoms with Crippen molar-refractivity contribution in [2.45, 2.75) is 0 Å². The third kappa shape index (κ3) is 2.60. The SMILES string of the molecule is COc1ccc(-c2ccc3c(-c4ccncc4)csc3c2)cc1. The molecule has 3 heteroatoms. The lowest BCUT2D eigenvalue weighted by Crippen LogP contribution is -1.82. The molecule has 23 heavy (non-hydrogen) atoms. The van der Waals surface area contributed by atoms with Gasteiger partial charge in [0.25, 0.3) is 0 Å². The van der Waals surface area contributed by atoms with E-state index in [0.29, 0.717) is 0 Å². The minimum Gasteiger partial charge on any atom is -0.497 e. The van der Waals surface area contributed by atoms with Gasteiger partial charge in [-0.3, -0.25) is 4.98 Å². The van der Waals surface area contributed by atoms with Crippen molar-refractivity contribution < 1.29 is 4.74 Å². The van der Waals surface area contributed by atoms with Crippen LogP contribution in [0.15, 0.2) is 72.4 Å². The molecule has 0 saturated heterocycles. The van der Waals surface area contributed by atoms with Gasteiger partial charge in [-0.2, -0.15) is 0 Å². The van der Waals surface area contributed by atoms with Crippen molar-refractivity contribution in [3.8, 4) is 28.0 Å². The highest BCUT2D eigenvalue weighted by Gasteiger charge is 2.08. The summed E-state index contributed by atoms with van der Waals surface area (Å²) in [5.41, 5.74) is 4.91. The minimum atomic E-state index is 0.880. The summed E-state index contributed by atoms with van der Waals surface area (Å²) in [6, 6.07) is 18.9. The summed E-state index contributed by atoms with van der Waals surface area (Å²) in [4.78, 5) is 4.10. The lowest BCUT2D eigenvalue weighted by molar-refractivity contribution is 0.415. The number of hydrogen-bond acceptors (Lipinski definition) is 3. The largest absolute Gasteiger partial charge is 0.497 e. The predicted molar refractivity (Wildman–Crippen MR) is 97.0 cm³/mol. The second-order valence-electron chi connectivity index (χ2n) is 5.32. The number of nitrogens with zero attached hydrogens (tertiary/aromatic N) is 1. The number of thiophene rings is 1. The molecule has 0 aliphatic heterocycles. The molecule has 0 bridgehead atoms. The third-order valence-electron chi connectivity index (χ3n) is 3.99. The molecule has 0 radical (unpaired) electrons. The molecule has 0 fully saturated rings. The van der Waals surface area contributed by atoms with Gasteiger partial charge in [-0.15, -0.1) is 11.3 Å². The first-order valence-corrected chi connectivity index (χ1v) is 8.29. The fraction of sp³-hybridized carbons (Fsp3) is 0.0500. The van der Waals surface area contributed by atoms with Crippen molar-refractivity contribution in [2.24, 2.45) is 0 Å². The number of hydrogen-bond donors (Lipinski definition) is 0. The molecular weight excluding hydrogens is 302 g/mol. The van der Waals surface area contributed by atoms with Crippen LogP contribution in [-0.2, 0) is 0 Å². The van der Waals surface area contributed by atoms with Gasteiger partial charge in [0.15, 0.2) is 0 Å². The third-order valence-corrected chi connectivity index (χ3v) is 4.94. The lowest BCUT2D eigenvalue weighted by atomic mass is 10.0. The van der Waals surface area contributed by atoms with Crippen LogP contribution in [0, 0.1) is 0 Å². The zero-order chi connectivity index (χ0) is 15.6. The van der Waals surface area contributed by atoms with E-state index in [-0.39, 0.29) is 0 Å². The van der Waals surface area contributed by atoms with Crippen LogP contribution in [-0.4, -0.2) is 12.1 Å². The Bertz CT molecular complexity index is 942. The maximum atomic E-state index is 5.22. The summed E-state index contributed by atoms with van der Waals surface area (Å²) in [7, 11) is 1.69. The zero-order valence-corrected chi connectivity index (χ0v) is 13.5. The van der Waals surface area contributed by atoms with Crippen LogP contribution in [0.25, 0.3) is 32.3 Å². The molecule has 112 valence electrons. The summed E-state index contributed by atoms with van der Waals surface area (Å²) in [5.74, 6) is 0.880. The summed E-state index contributed by atoms with van der Waals surface area (Å²) < 4.78 is 6.52. The fourth-order valence-electron chi connectivity index (χ4n) is 2.75. The molecule has 2 nitrogen and oxygen atoms in total. The van der Waals surface area contributed by atoms with Crippen LogP contribution in [0.5, 0.6) is 5.75 Å². The molecule has 0 N–H and O–H groups in total. The monoisotopic (exact) mass is 317 g/mol. The molecular formula is C20H15NOS. The van der Waals surface area contributed by atoms with Crippen LogP contribution in [0.4, 0.5) is 0 Å². The van der Waals surface area contributed by atoms with E-state index < -0.39 is 0 Å². The Balaban J connectivity index is 1.77. The first-order chi connectivity index (χ1) is 11.3. The molecule has 0 saturated carbocycles. The number of methoxy groups -OCH3 is 1. The molecule has 0 unspecified atom stereocenters. The lowest BCUT2D eigenvalue weighted by Gasteiger charge is -2.05. The van der Waals surface area contributed by atoms with E-state index >= 15 is 0 Å². The Hall–Kier alpha value is -2.65. The number of benzene rings is 2. The van der Waals surface area contributed by atoms with Gasteiger partial charge in [0.1, 0.15) is 5.75 Å². The van der Waals surface area contributed by atoms with Crippen LogP contribution in [0.3, 0.4) is 0 Å². The topological polar surface area (TPSA) is 22.1 Å². The number of ether oxygens (including phenoxy) is 1. The van der Waals surface area contributed by atoms with Crippen LogP contribution in [0.2, 0.25) is 0 Å². The zero-order valence-electron chi connectivity index (χ0n) is 12.7. The highest BCUT2D eigenvalue weighted by atomic mass is 32.1. The average Bonchev–Trinajstić information content (AvgIpc) is 3.06. The standard InChI is InChI=1S/C20H15NOS/c1-22-17-5-2-14(3-6-17)16-4-7-18-19(13-23-20(18)12-16)15-8-10-21-11-9-15/h2-13H,1H3. The maximum Gasteiger partial charge on any atom is 0.118 e. The van der Waals surface area contributed by atoms with Crippen molar-refractivity contribution in [1.82, 2.24) is 4.98 Å². The summed E-state index contributed by atoms with van der Waals surface area (Å²) in [5, 5.41) is 3.51. The van der Waals surface area contributed by atoms with Crippen LogP contribution < -0.4 is 4.74 Å². The van der Waals surface area contributed by atoms with Crippen molar-refractivity contribution in [1.29, 1.82) is 0 Å².